The summed E-state index contributed by atoms with van der Waals surface area (Å²) >= 11 is 0. The highest BCUT2D eigenvalue weighted by atomic mass is 16.2. The van der Waals surface area contributed by atoms with E-state index in [1.807, 2.05) is 42.2 Å². The first kappa shape index (κ1) is 19.4. The van der Waals surface area contributed by atoms with E-state index in [1.165, 1.54) is 12.5 Å². The van der Waals surface area contributed by atoms with Crippen molar-refractivity contribution in [1.29, 1.82) is 0 Å². The molecular weight excluding hydrogens is 366 g/mol. The van der Waals surface area contributed by atoms with Crippen molar-refractivity contribution in [2.75, 3.05) is 22.1 Å². The van der Waals surface area contributed by atoms with Crippen molar-refractivity contribution in [3.05, 3.63) is 53.6 Å². The number of carbonyl (C=O) groups excluding carboxylic acids is 2. The molecule has 2 saturated heterocycles. The molecule has 152 valence electrons. The quantitative estimate of drug-likeness (QED) is 0.627. The molecule has 2 amide bonds. The molecule has 2 heterocycles. The van der Waals surface area contributed by atoms with Gasteiger partial charge in [-0.1, -0.05) is 12.1 Å². The number of nitrogens with one attached hydrogen (secondary N) is 4. The third kappa shape index (κ3) is 4.41. The minimum atomic E-state index is -0.0743. The summed E-state index contributed by atoms with van der Waals surface area (Å²) < 4.78 is 0. The molecule has 2 unspecified atom stereocenters. The summed E-state index contributed by atoms with van der Waals surface area (Å²) in [5, 5.41) is 6.32. The van der Waals surface area contributed by atoms with E-state index in [0.29, 0.717) is 6.42 Å². The maximum atomic E-state index is 11.9. The van der Waals surface area contributed by atoms with E-state index in [1.54, 1.807) is 0 Å². The van der Waals surface area contributed by atoms with Gasteiger partial charge in [-0.3, -0.25) is 9.59 Å². The Morgan fingerprint density at radius 1 is 1.14 bits per heavy atom. The van der Waals surface area contributed by atoms with Crippen LogP contribution in [0.1, 0.15) is 43.4 Å². The van der Waals surface area contributed by atoms with Crippen molar-refractivity contribution >= 4 is 28.9 Å². The van der Waals surface area contributed by atoms with E-state index in [2.05, 4.69) is 33.6 Å². The van der Waals surface area contributed by atoms with E-state index in [0.717, 1.165) is 42.0 Å². The monoisotopic (exact) mass is 393 g/mol. The molecule has 0 spiro atoms. The molecule has 2 aromatic carbocycles. The molecule has 0 aromatic heterocycles. The van der Waals surface area contributed by atoms with Crippen molar-refractivity contribution in [1.82, 2.24) is 10.9 Å². The number of carbonyl (C=O) groups is 2. The third-order valence-electron chi connectivity index (χ3n) is 5.46. The second-order valence-corrected chi connectivity index (χ2v) is 7.73. The first-order valence-corrected chi connectivity index (χ1v) is 10.1. The third-order valence-corrected chi connectivity index (χ3v) is 5.46. The lowest BCUT2D eigenvalue weighted by molar-refractivity contribution is -0.117. The molecule has 0 aliphatic carbocycles. The number of hydrogen-bond acceptors (Lipinski definition) is 5. The second kappa shape index (κ2) is 8.23. The van der Waals surface area contributed by atoms with Crippen LogP contribution in [0, 0.1) is 6.92 Å². The highest BCUT2D eigenvalue weighted by Crippen LogP contribution is 2.28. The van der Waals surface area contributed by atoms with Crippen LogP contribution in [0.15, 0.2) is 42.5 Å². The molecule has 2 aliphatic rings. The highest BCUT2D eigenvalue weighted by Gasteiger charge is 2.26. The van der Waals surface area contributed by atoms with Gasteiger partial charge in [0.1, 0.15) is 0 Å². The van der Waals surface area contributed by atoms with E-state index in [-0.39, 0.29) is 24.0 Å². The maximum absolute atomic E-state index is 11.9. The number of anilines is 3. The van der Waals surface area contributed by atoms with Crippen LogP contribution in [-0.2, 0) is 9.59 Å². The number of rotatable bonds is 5. The van der Waals surface area contributed by atoms with Gasteiger partial charge >= 0.3 is 0 Å². The number of benzene rings is 2. The van der Waals surface area contributed by atoms with Gasteiger partial charge in [0.25, 0.3) is 0 Å². The predicted octanol–water partition coefficient (Wildman–Crippen LogP) is 3.06. The van der Waals surface area contributed by atoms with Crippen molar-refractivity contribution in [2.24, 2.45) is 0 Å². The first-order valence-electron chi connectivity index (χ1n) is 10.1. The highest BCUT2D eigenvalue weighted by molar-refractivity contribution is 5.95. The second-order valence-electron chi connectivity index (χ2n) is 7.73. The molecule has 0 saturated carbocycles. The maximum Gasteiger partial charge on any atom is 0.227 e. The Balaban J connectivity index is 1.37. The largest absolute Gasteiger partial charge is 0.368 e. The van der Waals surface area contributed by atoms with E-state index in [4.69, 9.17) is 0 Å². The number of nitrogens with zero attached hydrogens (tertiary/aromatic N) is 1. The lowest BCUT2D eigenvalue weighted by atomic mass is 10.0. The lowest BCUT2D eigenvalue weighted by Crippen LogP contribution is -2.36. The zero-order valence-corrected chi connectivity index (χ0v) is 16.8. The lowest BCUT2D eigenvalue weighted by Gasteiger charge is -2.18. The molecule has 0 bridgehead atoms. The molecule has 2 fully saturated rings. The van der Waals surface area contributed by atoms with E-state index >= 15 is 0 Å². The van der Waals surface area contributed by atoms with Crippen LogP contribution in [0.3, 0.4) is 0 Å². The molecule has 7 nitrogen and oxygen atoms in total. The zero-order valence-electron chi connectivity index (χ0n) is 16.8. The Hall–Kier alpha value is -2.90. The number of amides is 2. The molecule has 4 N–H and O–H groups in total. The number of hydrogen-bond donors (Lipinski definition) is 4. The molecule has 2 aliphatic heterocycles. The molecule has 29 heavy (non-hydrogen) atoms. The SMILES string of the molecule is CC(=O)Nc1ccc(NC2CC(c3ccc(N4CCCC4=O)cc3)NN2)c(C)c1. The molecule has 2 aromatic rings. The molecular formula is C22H27N5O2. The van der Waals surface area contributed by atoms with Crippen LogP contribution < -0.4 is 26.4 Å². The minimum absolute atomic E-state index is 0.0743. The van der Waals surface area contributed by atoms with E-state index in [9.17, 15) is 9.59 Å². The standard InChI is InChI=1S/C22H27N5O2/c1-14-12-17(23-15(2)28)7-10-19(14)24-21-13-20(25-26-21)16-5-8-18(9-6-16)27-11-3-4-22(27)29/h5-10,12,20-21,24-26H,3-4,11,13H2,1-2H3,(H,23,28). The summed E-state index contributed by atoms with van der Waals surface area (Å²) in [5.41, 5.74) is 11.7. The predicted molar refractivity (Wildman–Crippen MR) is 115 cm³/mol. The van der Waals surface area contributed by atoms with Gasteiger partial charge in [0, 0.05) is 49.4 Å². The van der Waals surface area contributed by atoms with Gasteiger partial charge in [0.05, 0.1) is 6.17 Å². The first-order chi connectivity index (χ1) is 14.0. The average Bonchev–Trinajstić information content (AvgIpc) is 3.33. The van der Waals surface area contributed by atoms with Crippen LogP contribution in [-0.4, -0.2) is 24.5 Å². The summed E-state index contributed by atoms with van der Waals surface area (Å²) in [6.07, 6.45) is 2.56. The van der Waals surface area contributed by atoms with Gasteiger partial charge < -0.3 is 15.5 Å². The van der Waals surface area contributed by atoms with Crippen LogP contribution in [0.4, 0.5) is 17.1 Å². The Bertz CT molecular complexity index is 912. The normalized spacial score (nSPS) is 21.4. The van der Waals surface area contributed by atoms with Gasteiger partial charge in [-0.15, -0.1) is 0 Å². The van der Waals surface area contributed by atoms with Crippen molar-refractivity contribution in [3.63, 3.8) is 0 Å². The Kier molecular flexibility index (Phi) is 5.51. The molecule has 7 heteroatoms. The summed E-state index contributed by atoms with van der Waals surface area (Å²) in [7, 11) is 0. The minimum Gasteiger partial charge on any atom is -0.368 e. The van der Waals surface area contributed by atoms with Gasteiger partial charge in [-0.25, -0.2) is 10.9 Å². The van der Waals surface area contributed by atoms with Crippen molar-refractivity contribution in [3.8, 4) is 0 Å². The fourth-order valence-electron chi connectivity index (χ4n) is 3.97. The number of aryl methyl sites for hydroxylation is 1. The van der Waals surface area contributed by atoms with Crippen LogP contribution in [0.5, 0.6) is 0 Å². The Morgan fingerprint density at radius 2 is 1.93 bits per heavy atom. The molecule has 4 rings (SSSR count). The Labute approximate surface area is 170 Å². The fraction of sp³-hybridized carbons (Fsp3) is 0.364. The van der Waals surface area contributed by atoms with Gasteiger partial charge in [-0.05, 0) is 54.8 Å². The summed E-state index contributed by atoms with van der Waals surface area (Å²) in [6.45, 7) is 4.34. The van der Waals surface area contributed by atoms with Gasteiger partial charge in [-0.2, -0.15) is 0 Å². The smallest absolute Gasteiger partial charge is 0.227 e. The zero-order chi connectivity index (χ0) is 20.4. The number of hydrazine groups is 1. The van der Waals surface area contributed by atoms with Gasteiger partial charge in [0.15, 0.2) is 0 Å². The van der Waals surface area contributed by atoms with Gasteiger partial charge in [0.2, 0.25) is 11.8 Å². The van der Waals surface area contributed by atoms with Crippen molar-refractivity contribution < 1.29 is 9.59 Å². The fourth-order valence-corrected chi connectivity index (χ4v) is 3.97. The van der Waals surface area contributed by atoms with Crippen LogP contribution in [0.2, 0.25) is 0 Å². The average molecular weight is 393 g/mol. The van der Waals surface area contributed by atoms with E-state index < -0.39 is 0 Å². The Morgan fingerprint density at radius 3 is 2.59 bits per heavy atom. The van der Waals surface area contributed by atoms with Crippen molar-refractivity contribution in [2.45, 2.75) is 45.3 Å². The molecule has 0 radical (unpaired) electrons. The topological polar surface area (TPSA) is 85.5 Å². The molecule has 2 atom stereocenters. The summed E-state index contributed by atoms with van der Waals surface area (Å²) in [4.78, 5) is 25.0. The van der Waals surface area contributed by atoms with Crippen LogP contribution >= 0.6 is 0 Å². The summed E-state index contributed by atoms with van der Waals surface area (Å²) in [5.74, 6) is 0.136. The van der Waals surface area contributed by atoms with Crippen LogP contribution in [0.25, 0.3) is 0 Å². The summed E-state index contributed by atoms with van der Waals surface area (Å²) in [6, 6.07) is 14.3.